The average molecular weight is 236 g/mol. The van der Waals surface area contributed by atoms with Crippen LogP contribution >= 0.6 is 23.3 Å². The van der Waals surface area contributed by atoms with Crippen LogP contribution in [0.2, 0.25) is 5.15 Å². The molecule has 0 spiro atoms. The van der Waals surface area contributed by atoms with E-state index in [1.54, 1.807) is 0 Å². The Bertz CT molecular complexity index is 269. The number of anilines is 1. The summed E-state index contributed by atoms with van der Waals surface area (Å²) >= 11 is 6.96. The van der Waals surface area contributed by atoms with Crippen molar-refractivity contribution in [1.29, 1.82) is 0 Å². The highest BCUT2D eigenvalue weighted by atomic mass is 35.5. The Labute approximate surface area is 92.8 Å². The molecule has 0 unspecified atom stereocenters. The van der Waals surface area contributed by atoms with Crippen LogP contribution in [0.25, 0.3) is 0 Å². The molecule has 1 heterocycles. The van der Waals surface area contributed by atoms with Gasteiger partial charge in [0.15, 0.2) is 11.0 Å². The van der Waals surface area contributed by atoms with E-state index < -0.39 is 0 Å². The van der Waals surface area contributed by atoms with Gasteiger partial charge in [-0.15, -0.1) is 0 Å². The lowest BCUT2D eigenvalue weighted by atomic mass is 10.3. The molecule has 1 rings (SSSR count). The molecule has 0 radical (unpaired) electrons. The van der Waals surface area contributed by atoms with Gasteiger partial charge in [-0.1, -0.05) is 24.9 Å². The van der Waals surface area contributed by atoms with Crippen molar-refractivity contribution in [2.45, 2.75) is 19.8 Å². The number of nitrogens with zero attached hydrogens (tertiary/aromatic N) is 3. The van der Waals surface area contributed by atoms with Crippen molar-refractivity contribution in [3.05, 3.63) is 5.15 Å². The summed E-state index contributed by atoms with van der Waals surface area (Å²) in [5, 5.41) is 9.33. The Kier molecular flexibility index (Phi) is 5.14. The molecule has 1 aromatic rings. The molecule has 0 aliphatic carbocycles. The third-order valence-electron chi connectivity index (χ3n) is 1.88. The van der Waals surface area contributed by atoms with Gasteiger partial charge in [0.1, 0.15) is 0 Å². The Hall–Kier alpha value is -0.390. The maximum atomic E-state index is 8.90. The van der Waals surface area contributed by atoms with E-state index in [0.717, 1.165) is 31.1 Å². The second-order valence-corrected chi connectivity index (χ2v) is 3.83. The molecular formula is C8H14ClN3OS. The first kappa shape index (κ1) is 11.7. The Morgan fingerprint density at radius 2 is 2.21 bits per heavy atom. The zero-order valence-electron chi connectivity index (χ0n) is 8.11. The van der Waals surface area contributed by atoms with Gasteiger partial charge < -0.3 is 10.0 Å². The van der Waals surface area contributed by atoms with Crippen LogP contribution in [0.3, 0.4) is 0 Å². The fourth-order valence-corrected chi connectivity index (χ4v) is 1.93. The normalized spacial score (nSPS) is 10.5. The Balaban J connectivity index is 2.62. The summed E-state index contributed by atoms with van der Waals surface area (Å²) in [4.78, 5) is 1.97. The predicted molar refractivity (Wildman–Crippen MR) is 59.1 cm³/mol. The monoisotopic (exact) mass is 235 g/mol. The summed E-state index contributed by atoms with van der Waals surface area (Å²) in [5.74, 6) is 0.694. The van der Waals surface area contributed by atoms with Gasteiger partial charge in [-0.25, -0.2) is 0 Å². The maximum absolute atomic E-state index is 8.90. The Morgan fingerprint density at radius 1 is 1.43 bits per heavy atom. The lowest BCUT2D eigenvalue weighted by Gasteiger charge is -2.20. The van der Waals surface area contributed by atoms with Crippen LogP contribution in [0.1, 0.15) is 19.8 Å². The summed E-state index contributed by atoms with van der Waals surface area (Å²) in [6.45, 7) is 3.66. The van der Waals surface area contributed by atoms with Gasteiger partial charge in [-0.3, -0.25) is 0 Å². The third kappa shape index (κ3) is 3.08. The number of aliphatic hydroxyl groups excluding tert-OH is 1. The van der Waals surface area contributed by atoms with Crippen LogP contribution < -0.4 is 4.90 Å². The van der Waals surface area contributed by atoms with Crippen molar-refractivity contribution < 1.29 is 5.11 Å². The molecule has 1 aromatic heterocycles. The first-order valence-corrected chi connectivity index (χ1v) is 5.74. The molecule has 0 aromatic carbocycles. The largest absolute Gasteiger partial charge is 0.395 e. The summed E-state index contributed by atoms with van der Waals surface area (Å²) < 4.78 is 8.00. The van der Waals surface area contributed by atoms with Crippen molar-refractivity contribution in [2.75, 3.05) is 24.6 Å². The zero-order chi connectivity index (χ0) is 10.4. The first-order valence-electron chi connectivity index (χ1n) is 4.63. The van der Waals surface area contributed by atoms with E-state index in [1.165, 1.54) is 0 Å². The predicted octanol–water partition coefficient (Wildman–Crippen LogP) is 1.79. The minimum absolute atomic E-state index is 0.109. The second kappa shape index (κ2) is 6.16. The highest BCUT2D eigenvalue weighted by Gasteiger charge is 2.13. The van der Waals surface area contributed by atoms with Crippen LogP contribution in [0.5, 0.6) is 0 Å². The minimum Gasteiger partial charge on any atom is -0.395 e. The SMILES string of the molecule is CCCCN(CCO)c1nsnc1Cl. The standard InChI is InChI=1S/C8H14ClN3OS/c1-2-3-4-12(5-6-13)8-7(9)10-14-11-8/h13H,2-6H2,1H3. The smallest absolute Gasteiger partial charge is 0.187 e. The van der Waals surface area contributed by atoms with Crippen molar-refractivity contribution in [2.24, 2.45) is 0 Å². The summed E-state index contributed by atoms with van der Waals surface area (Å²) in [6.07, 6.45) is 2.17. The lowest BCUT2D eigenvalue weighted by Crippen LogP contribution is -2.28. The van der Waals surface area contributed by atoms with Crippen molar-refractivity contribution >= 4 is 29.1 Å². The number of hydrogen-bond donors (Lipinski definition) is 1. The molecule has 0 aliphatic heterocycles. The van der Waals surface area contributed by atoms with Gasteiger partial charge in [0.2, 0.25) is 0 Å². The number of halogens is 1. The summed E-state index contributed by atoms with van der Waals surface area (Å²) in [6, 6.07) is 0. The molecule has 1 N–H and O–H groups in total. The van der Waals surface area contributed by atoms with Crippen LogP contribution in [-0.4, -0.2) is 33.6 Å². The molecule has 0 saturated heterocycles. The summed E-state index contributed by atoms with van der Waals surface area (Å²) in [7, 11) is 0. The number of aromatic nitrogens is 2. The topological polar surface area (TPSA) is 49.2 Å². The molecular weight excluding hydrogens is 222 g/mol. The van der Waals surface area contributed by atoms with Gasteiger partial charge in [0.05, 0.1) is 18.3 Å². The van der Waals surface area contributed by atoms with Gasteiger partial charge in [-0.05, 0) is 6.42 Å². The van der Waals surface area contributed by atoms with Crippen molar-refractivity contribution in [3.8, 4) is 0 Å². The van der Waals surface area contributed by atoms with Gasteiger partial charge in [0, 0.05) is 13.1 Å². The molecule has 0 aliphatic rings. The lowest BCUT2D eigenvalue weighted by molar-refractivity contribution is 0.301. The quantitative estimate of drug-likeness (QED) is 0.817. The van der Waals surface area contributed by atoms with E-state index in [4.69, 9.17) is 16.7 Å². The molecule has 4 nitrogen and oxygen atoms in total. The molecule has 14 heavy (non-hydrogen) atoms. The van der Waals surface area contributed by atoms with Crippen LogP contribution in [0, 0.1) is 0 Å². The van der Waals surface area contributed by atoms with E-state index in [0.29, 0.717) is 17.5 Å². The molecule has 0 atom stereocenters. The van der Waals surface area contributed by atoms with E-state index in [9.17, 15) is 0 Å². The minimum atomic E-state index is 0.109. The van der Waals surface area contributed by atoms with Crippen LogP contribution in [0.15, 0.2) is 0 Å². The fourth-order valence-electron chi connectivity index (χ4n) is 1.15. The van der Waals surface area contributed by atoms with Crippen molar-refractivity contribution in [1.82, 2.24) is 8.75 Å². The Morgan fingerprint density at radius 3 is 2.71 bits per heavy atom. The first-order chi connectivity index (χ1) is 6.79. The maximum Gasteiger partial charge on any atom is 0.187 e. The van der Waals surface area contributed by atoms with E-state index in [1.807, 2.05) is 4.90 Å². The summed E-state index contributed by atoms with van der Waals surface area (Å²) in [5.41, 5.74) is 0. The fraction of sp³-hybridized carbons (Fsp3) is 0.750. The van der Waals surface area contributed by atoms with Gasteiger partial charge in [0.25, 0.3) is 0 Å². The number of aliphatic hydroxyl groups is 1. The van der Waals surface area contributed by atoms with Crippen molar-refractivity contribution in [3.63, 3.8) is 0 Å². The van der Waals surface area contributed by atoms with Crippen LogP contribution in [0.4, 0.5) is 5.82 Å². The number of hydrogen-bond acceptors (Lipinski definition) is 5. The second-order valence-electron chi connectivity index (χ2n) is 2.94. The number of unbranched alkanes of at least 4 members (excludes halogenated alkanes) is 1. The number of rotatable bonds is 6. The molecule has 0 amide bonds. The highest BCUT2D eigenvalue weighted by molar-refractivity contribution is 6.99. The molecule has 0 saturated carbocycles. The van der Waals surface area contributed by atoms with E-state index >= 15 is 0 Å². The zero-order valence-corrected chi connectivity index (χ0v) is 9.68. The molecule has 80 valence electrons. The van der Waals surface area contributed by atoms with Crippen LogP contribution in [-0.2, 0) is 0 Å². The molecule has 0 fully saturated rings. The third-order valence-corrected chi connectivity index (χ3v) is 2.76. The van der Waals surface area contributed by atoms with E-state index in [2.05, 4.69) is 15.7 Å². The van der Waals surface area contributed by atoms with E-state index in [-0.39, 0.29) is 6.61 Å². The molecule has 0 bridgehead atoms. The average Bonchev–Trinajstić information content (AvgIpc) is 2.59. The molecule has 6 heteroatoms. The van der Waals surface area contributed by atoms with Gasteiger partial charge >= 0.3 is 0 Å². The van der Waals surface area contributed by atoms with Gasteiger partial charge in [-0.2, -0.15) is 8.75 Å². The highest BCUT2D eigenvalue weighted by Crippen LogP contribution is 2.22.